The van der Waals surface area contributed by atoms with Crippen molar-refractivity contribution in [3.05, 3.63) is 36.7 Å². The van der Waals surface area contributed by atoms with E-state index >= 15 is 0 Å². The van der Waals surface area contributed by atoms with E-state index in [9.17, 15) is 21.6 Å². The van der Waals surface area contributed by atoms with Crippen LogP contribution in [0.15, 0.2) is 41.6 Å². The standard InChI is InChI=1S/C10H8F3N3O3S/c11-10(12,13)19-7-2-1-3-8(6-7)20(17,18)16-9-14-4-5-15-9/h1-6H,(H2,14,15,16). The van der Waals surface area contributed by atoms with Crippen molar-refractivity contribution in [2.24, 2.45) is 0 Å². The molecule has 2 aromatic rings. The highest BCUT2D eigenvalue weighted by molar-refractivity contribution is 7.92. The molecule has 10 heteroatoms. The van der Waals surface area contributed by atoms with E-state index in [1.54, 1.807) is 0 Å². The predicted molar refractivity (Wildman–Crippen MR) is 62.5 cm³/mol. The predicted octanol–water partition coefficient (Wildman–Crippen LogP) is 2.11. The van der Waals surface area contributed by atoms with Gasteiger partial charge in [-0.05, 0) is 12.1 Å². The third-order valence-electron chi connectivity index (χ3n) is 2.08. The lowest BCUT2D eigenvalue weighted by molar-refractivity contribution is -0.274. The number of hydrogen-bond donors (Lipinski definition) is 2. The summed E-state index contributed by atoms with van der Waals surface area (Å²) < 4.78 is 65.8. The van der Waals surface area contributed by atoms with Crippen LogP contribution >= 0.6 is 0 Å². The maximum absolute atomic E-state index is 12.1. The second-order valence-corrected chi connectivity index (χ2v) is 5.25. The summed E-state index contributed by atoms with van der Waals surface area (Å²) in [7, 11) is -4.05. The molecule has 1 aromatic carbocycles. The molecule has 0 saturated carbocycles. The number of aromatic amines is 1. The Balaban J connectivity index is 2.26. The van der Waals surface area contributed by atoms with Gasteiger partial charge in [-0.3, -0.25) is 0 Å². The maximum atomic E-state index is 12.1. The summed E-state index contributed by atoms with van der Waals surface area (Å²) in [5.41, 5.74) is 0. The smallest absolute Gasteiger partial charge is 0.406 e. The van der Waals surface area contributed by atoms with Crippen LogP contribution in [0.1, 0.15) is 0 Å². The maximum Gasteiger partial charge on any atom is 0.573 e. The van der Waals surface area contributed by atoms with Gasteiger partial charge in [0.2, 0.25) is 5.95 Å². The zero-order chi connectivity index (χ0) is 14.8. The van der Waals surface area contributed by atoms with Crippen molar-refractivity contribution in [1.29, 1.82) is 0 Å². The molecular weight excluding hydrogens is 299 g/mol. The molecule has 0 radical (unpaired) electrons. The van der Waals surface area contributed by atoms with Gasteiger partial charge in [-0.2, -0.15) is 0 Å². The second kappa shape index (κ2) is 5.04. The van der Waals surface area contributed by atoms with Crippen LogP contribution in [-0.2, 0) is 10.0 Å². The van der Waals surface area contributed by atoms with Gasteiger partial charge in [-0.1, -0.05) is 6.07 Å². The number of sulfonamides is 1. The first-order valence-electron chi connectivity index (χ1n) is 5.14. The van der Waals surface area contributed by atoms with E-state index in [1.807, 2.05) is 0 Å². The van der Waals surface area contributed by atoms with E-state index in [1.165, 1.54) is 12.4 Å². The largest absolute Gasteiger partial charge is 0.573 e. The van der Waals surface area contributed by atoms with Crippen molar-refractivity contribution in [1.82, 2.24) is 9.97 Å². The number of nitrogens with one attached hydrogen (secondary N) is 2. The molecule has 1 aromatic heterocycles. The van der Waals surface area contributed by atoms with Gasteiger partial charge in [-0.25, -0.2) is 18.1 Å². The van der Waals surface area contributed by atoms with Crippen molar-refractivity contribution in [3.63, 3.8) is 0 Å². The van der Waals surface area contributed by atoms with Crippen LogP contribution in [0.5, 0.6) is 5.75 Å². The Bertz CT molecular complexity index is 683. The number of halogens is 3. The van der Waals surface area contributed by atoms with Gasteiger partial charge in [-0.15, -0.1) is 13.2 Å². The first-order valence-corrected chi connectivity index (χ1v) is 6.63. The third kappa shape index (κ3) is 3.63. The van der Waals surface area contributed by atoms with Crippen LogP contribution < -0.4 is 9.46 Å². The molecular formula is C10H8F3N3O3S. The monoisotopic (exact) mass is 307 g/mol. The Labute approximate surface area is 111 Å². The fourth-order valence-electron chi connectivity index (χ4n) is 1.35. The Morgan fingerprint density at radius 3 is 2.65 bits per heavy atom. The third-order valence-corrected chi connectivity index (χ3v) is 3.42. The van der Waals surface area contributed by atoms with Crippen molar-refractivity contribution in [3.8, 4) is 5.75 Å². The Kier molecular flexibility index (Phi) is 3.57. The summed E-state index contributed by atoms with van der Waals surface area (Å²) in [6.45, 7) is 0. The molecule has 20 heavy (non-hydrogen) atoms. The zero-order valence-corrected chi connectivity index (χ0v) is 10.5. The molecule has 0 amide bonds. The summed E-state index contributed by atoms with van der Waals surface area (Å²) >= 11 is 0. The molecule has 2 N–H and O–H groups in total. The average molecular weight is 307 g/mol. The number of benzene rings is 1. The molecule has 0 aliphatic rings. The summed E-state index contributed by atoms with van der Waals surface area (Å²) in [4.78, 5) is 5.78. The molecule has 0 atom stereocenters. The molecule has 1 heterocycles. The summed E-state index contributed by atoms with van der Waals surface area (Å²) in [6, 6.07) is 4.03. The first-order chi connectivity index (χ1) is 9.26. The van der Waals surface area contributed by atoms with Gasteiger partial charge in [0.05, 0.1) is 4.90 Å². The molecule has 2 rings (SSSR count). The lowest BCUT2D eigenvalue weighted by atomic mass is 10.3. The first kappa shape index (κ1) is 14.2. The van der Waals surface area contributed by atoms with Crippen molar-refractivity contribution < 1.29 is 26.3 Å². The van der Waals surface area contributed by atoms with Crippen LogP contribution in [0.2, 0.25) is 0 Å². The molecule has 6 nitrogen and oxygen atoms in total. The van der Waals surface area contributed by atoms with E-state index < -0.39 is 22.1 Å². The lowest BCUT2D eigenvalue weighted by Crippen LogP contribution is -2.18. The number of H-pyrrole nitrogens is 1. The zero-order valence-electron chi connectivity index (χ0n) is 9.68. The highest BCUT2D eigenvalue weighted by Gasteiger charge is 2.31. The van der Waals surface area contributed by atoms with Crippen LogP contribution in [0.3, 0.4) is 0 Å². The van der Waals surface area contributed by atoms with Gasteiger partial charge < -0.3 is 9.72 Å². The summed E-state index contributed by atoms with van der Waals surface area (Å²) in [5, 5.41) is 0. The minimum Gasteiger partial charge on any atom is -0.406 e. The Morgan fingerprint density at radius 1 is 1.30 bits per heavy atom. The van der Waals surface area contributed by atoms with E-state index in [0.717, 1.165) is 24.3 Å². The second-order valence-electron chi connectivity index (χ2n) is 3.57. The highest BCUT2D eigenvalue weighted by atomic mass is 32.2. The molecule has 0 saturated heterocycles. The molecule has 0 aliphatic carbocycles. The Hall–Kier alpha value is -2.23. The van der Waals surface area contributed by atoms with E-state index in [2.05, 4.69) is 19.4 Å². The highest BCUT2D eigenvalue weighted by Crippen LogP contribution is 2.25. The van der Waals surface area contributed by atoms with E-state index in [0.29, 0.717) is 0 Å². The van der Waals surface area contributed by atoms with Crippen molar-refractivity contribution >= 4 is 16.0 Å². The summed E-state index contributed by atoms with van der Waals surface area (Å²) in [6.07, 6.45) is -2.18. The fraction of sp³-hybridized carbons (Fsp3) is 0.100. The topological polar surface area (TPSA) is 84.1 Å². The van der Waals surface area contributed by atoms with Gasteiger partial charge in [0, 0.05) is 18.5 Å². The van der Waals surface area contributed by atoms with E-state index in [4.69, 9.17) is 0 Å². The quantitative estimate of drug-likeness (QED) is 0.906. The number of hydrogen-bond acceptors (Lipinski definition) is 4. The average Bonchev–Trinajstić information content (AvgIpc) is 2.79. The molecule has 0 aliphatic heterocycles. The van der Waals surface area contributed by atoms with Gasteiger partial charge in [0.25, 0.3) is 10.0 Å². The minimum atomic E-state index is -4.89. The molecule has 0 fully saturated rings. The van der Waals surface area contributed by atoms with Crippen LogP contribution in [-0.4, -0.2) is 24.7 Å². The Morgan fingerprint density at radius 2 is 2.05 bits per heavy atom. The van der Waals surface area contributed by atoms with Crippen LogP contribution in [0, 0.1) is 0 Å². The molecule has 0 spiro atoms. The minimum absolute atomic E-state index is 0.0489. The van der Waals surface area contributed by atoms with Crippen molar-refractivity contribution in [2.75, 3.05) is 4.72 Å². The van der Waals surface area contributed by atoms with Crippen molar-refractivity contribution in [2.45, 2.75) is 11.3 Å². The lowest BCUT2D eigenvalue weighted by Gasteiger charge is -2.10. The van der Waals surface area contributed by atoms with Gasteiger partial charge in [0.1, 0.15) is 5.75 Å². The fourth-order valence-corrected chi connectivity index (χ4v) is 2.36. The number of anilines is 1. The molecule has 108 valence electrons. The number of alkyl halides is 3. The van der Waals surface area contributed by atoms with Gasteiger partial charge in [0.15, 0.2) is 0 Å². The number of aromatic nitrogens is 2. The van der Waals surface area contributed by atoms with Crippen LogP contribution in [0.25, 0.3) is 0 Å². The summed E-state index contributed by atoms with van der Waals surface area (Å²) in [5.74, 6) is -0.674. The SMILES string of the molecule is O=S(=O)(Nc1ncc[nH]1)c1cccc(OC(F)(F)F)c1. The number of rotatable bonds is 4. The number of imidazole rings is 1. The van der Waals surface area contributed by atoms with E-state index in [-0.39, 0.29) is 10.8 Å². The molecule has 0 bridgehead atoms. The van der Waals surface area contributed by atoms with Gasteiger partial charge >= 0.3 is 6.36 Å². The number of ether oxygens (including phenoxy) is 1. The van der Waals surface area contributed by atoms with Crippen LogP contribution in [0.4, 0.5) is 19.1 Å². The number of nitrogens with zero attached hydrogens (tertiary/aromatic N) is 1. The normalized spacial score (nSPS) is 12.2. The molecule has 0 unspecified atom stereocenters.